The van der Waals surface area contributed by atoms with Crippen molar-refractivity contribution in [3.63, 3.8) is 0 Å². The van der Waals surface area contributed by atoms with Crippen molar-refractivity contribution in [1.29, 1.82) is 0 Å². The minimum absolute atomic E-state index is 0.306. The highest BCUT2D eigenvalue weighted by Gasteiger charge is 2.24. The van der Waals surface area contributed by atoms with E-state index in [1.54, 1.807) is 25.4 Å². The number of piperidine rings is 1. The molecule has 0 atom stereocenters. The maximum Gasteiger partial charge on any atom is 0.180 e. The smallest absolute Gasteiger partial charge is 0.180 e. The van der Waals surface area contributed by atoms with E-state index in [-0.39, 0.29) is 5.82 Å². The molecule has 8 nitrogen and oxygen atoms in total. The zero-order valence-corrected chi connectivity index (χ0v) is 22.7. The number of hydrogen-bond donors (Lipinski definition) is 2. The monoisotopic (exact) mass is 529 g/mol. The van der Waals surface area contributed by atoms with Gasteiger partial charge in [0, 0.05) is 70.7 Å². The van der Waals surface area contributed by atoms with Crippen molar-refractivity contribution in [2.24, 2.45) is 0 Å². The fourth-order valence-corrected chi connectivity index (χ4v) is 5.51. The molecule has 10 heteroatoms. The van der Waals surface area contributed by atoms with E-state index in [9.17, 15) is 0 Å². The number of fused-ring (bicyclic) bond motifs is 1. The maximum absolute atomic E-state index is 15.3. The average Bonchev–Trinajstić information content (AvgIpc) is 3.34. The number of benzene rings is 1. The summed E-state index contributed by atoms with van der Waals surface area (Å²) < 4.78 is 20.5. The molecule has 0 saturated carbocycles. The minimum atomic E-state index is -0.306. The van der Waals surface area contributed by atoms with E-state index in [0.717, 1.165) is 76.6 Å². The number of likely N-dealkylation sites (tertiary alicyclic amines) is 1. The van der Waals surface area contributed by atoms with Crippen LogP contribution in [0.5, 0.6) is 0 Å². The summed E-state index contributed by atoms with van der Waals surface area (Å²) in [6, 6.07) is 6.25. The molecule has 1 aromatic carbocycles. The average molecular weight is 530 g/mol. The standard InChI is InChI=1S/C27H37ClFN7O/c1-18(2)35-8-6-19(7-9-35)31-24-22(28)17-30-27-25(24)32-26(33-27)21-5-4-20(16-23(21)29)36-12-10-34(11-13-36)14-15-37-3/h4-5,16-19H,6-15H2,1-3H3,(H2,30,31,32,33). The van der Waals surface area contributed by atoms with Gasteiger partial charge in [0.2, 0.25) is 0 Å². The van der Waals surface area contributed by atoms with E-state index in [2.05, 4.69) is 48.8 Å². The van der Waals surface area contributed by atoms with Crippen LogP contribution in [0.2, 0.25) is 5.02 Å². The van der Waals surface area contributed by atoms with E-state index in [1.165, 1.54) is 0 Å². The number of pyridine rings is 1. The number of rotatable bonds is 8. The Hall–Kier alpha value is -2.46. The molecule has 2 aliphatic heterocycles. The fourth-order valence-electron chi connectivity index (χ4n) is 5.31. The second-order valence-electron chi connectivity index (χ2n) is 10.3. The summed E-state index contributed by atoms with van der Waals surface area (Å²) >= 11 is 6.56. The number of aromatic nitrogens is 3. The van der Waals surface area contributed by atoms with E-state index in [0.29, 0.717) is 39.7 Å². The molecular weight excluding hydrogens is 493 g/mol. The molecule has 200 valence electrons. The maximum atomic E-state index is 15.3. The van der Waals surface area contributed by atoms with Crippen molar-refractivity contribution in [2.45, 2.75) is 38.8 Å². The van der Waals surface area contributed by atoms with Gasteiger partial charge in [-0.1, -0.05) is 11.6 Å². The Labute approximate surface area is 223 Å². The zero-order chi connectivity index (χ0) is 25.9. The summed E-state index contributed by atoms with van der Waals surface area (Å²) in [6.45, 7) is 11.8. The molecule has 2 aromatic heterocycles. The second kappa shape index (κ2) is 11.5. The van der Waals surface area contributed by atoms with Crippen molar-refractivity contribution in [2.75, 3.05) is 69.7 Å². The highest BCUT2D eigenvalue weighted by molar-refractivity contribution is 6.34. The van der Waals surface area contributed by atoms with Gasteiger partial charge in [0.15, 0.2) is 5.65 Å². The third kappa shape index (κ3) is 5.85. The number of imidazole rings is 1. The largest absolute Gasteiger partial charge is 0.383 e. The topological polar surface area (TPSA) is 72.6 Å². The van der Waals surface area contributed by atoms with Crippen LogP contribution in [-0.4, -0.2) is 96.4 Å². The molecule has 0 radical (unpaired) electrons. The molecule has 2 saturated heterocycles. The Morgan fingerprint density at radius 3 is 2.59 bits per heavy atom. The lowest BCUT2D eigenvalue weighted by Crippen LogP contribution is -2.47. The van der Waals surface area contributed by atoms with E-state index >= 15 is 4.39 Å². The van der Waals surface area contributed by atoms with Crippen LogP contribution in [0.1, 0.15) is 26.7 Å². The van der Waals surface area contributed by atoms with Crippen LogP contribution in [0.25, 0.3) is 22.6 Å². The number of methoxy groups -OCH3 is 1. The molecule has 0 aliphatic carbocycles. The molecule has 0 bridgehead atoms. The van der Waals surface area contributed by atoms with E-state index < -0.39 is 0 Å². The van der Waals surface area contributed by atoms with Gasteiger partial charge in [0.25, 0.3) is 0 Å². The Morgan fingerprint density at radius 1 is 1.16 bits per heavy atom. The third-order valence-electron chi connectivity index (χ3n) is 7.64. The number of ether oxygens (including phenoxy) is 1. The van der Waals surface area contributed by atoms with Gasteiger partial charge in [-0.15, -0.1) is 0 Å². The second-order valence-corrected chi connectivity index (χ2v) is 10.7. The predicted octanol–water partition coefficient (Wildman–Crippen LogP) is 4.47. The van der Waals surface area contributed by atoms with Gasteiger partial charge in [-0.25, -0.2) is 14.4 Å². The Morgan fingerprint density at radius 2 is 1.92 bits per heavy atom. The first kappa shape index (κ1) is 26.2. The molecule has 2 fully saturated rings. The van der Waals surface area contributed by atoms with E-state index in [4.69, 9.17) is 16.3 Å². The summed E-state index contributed by atoms with van der Waals surface area (Å²) in [6.07, 6.45) is 3.69. The lowest BCUT2D eigenvalue weighted by atomic mass is 10.0. The van der Waals surface area contributed by atoms with Gasteiger partial charge in [0.05, 0.1) is 29.1 Å². The lowest BCUT2D eigenvalue weighted by Gasteiger charge is -2.36. The number of nitrogens with one attached hydrogen (secondary N) is 2. The predicted molar refractivity (Wildman–Crippen MR) is 148 cm³/mol. The van der Waals surface area contributed by atoms with Gasteiger partial charge in [-0.05, 0) is 44.9 Å². The fraction of sp³-hybridized carbons (Fsp3) is 0.556. The number of nitrogens with zero attached hydrogens (tertiary/aromatic N) is 5. The Bertz CT molecular complexity index is 1200. The van der Waals surface area contributed by atoms with Gasteiger partial charge in [0.1, 0.15) is 17.2 Å². The van der Waals surface area contributed by atoms with Crippen LogP contribution < -0.4 is 10.2 Å². The Balaban J connectivity index is 1.31. The minimum Gasteiger partial charge on any atom is -0.383 e. The summed E-state index contributed by atoms with van der Waals surface area (Å²) in [5.74, 6) is 0.149. The summed E-state index contributed by atoms with van der Waals surface area (Å²) in [5, 5.41) is 4.15. The molecule has 0 spiro atoms. The number of halogens is 2. The van der Waals surface area contributed by atoms with Crippen molar-refractivity contribution in [1.82, 2.24) is 24.8 Å². The molecule has 37 heavy (non-hydrogen) atoms. The van der Waals surface area contributed by atoms with Crippen LogP contribution in [0.15, 0.2) is 24.4 Å². The Kier molecular flexibility index (Phi) is 8.14. The lowest BCUT2D eigenvalue weighted by molar-refractivity contribution is 0.144. The first-order chi connectivity index (χ1) is 17.9. The van der Waals surface area contributed by atoms with Crippen LogP contribution in [-0.2, 0) is 4.74 Å². The molecule has 0 amide bonds. The van der Waals surface area contributed by atoms with Crippen molar-refractivity contribution in [3.8, 4) is 11.4 Å². The summed E-state index contributed by atoms with van der Waals surface area (Å²) in [7, 11) is 1.72. The van der Waals surface area contributed by atoms with Crippen LogP contribution in [0, 0.1) is 5.82 Å². The van der Waals surface area contributed by atoms with Crippen LogP contribution >= 0.6 is 11.6 Å². The number of anilines is 2. The normalized spacial score (nSPS) is 18.3. The highest BCUT2D eigenvalue weighted by Crippen LogP contribution is 2.33. The van der Waals surface area contributed by atoms with Gasteiger partial charge >= 0.3 is 0 Å². The highest BCUT2D eigenvalue weighted by atomic mass is 35.5. The number of hydrogen-bond acceptors (Lipinski definition) is 7. The molecule has 0 unspecified atom stereocenters. The zero-order valence-electron chi connectivity index (χ0n) is 21.9. The van der Waals surface area contributed by atoms with Gasteiger partial charge in [-0.2, -0.15) is 0 Å². The SMILES string of the molecule is COCCN1CCN(c2ccc(-c3nc4ncc(Cl)c(NC5CCN(C(C)C)CC5)c4[nH]3)c(F)c2)CC1. The molecule has 3 aromatic rings. The first-order valence-corrected chi connectivity index (χ1v) is 13.6. The molecule has 2 aliphatic rings. The summed E-state index contributed by atoms with van der Waals surface area (Å²) in [5.41, 5.74) is 3.34. The molecule has 4 heterocycles. The molecule has 2 N–H and O–H groups in total. The molecular formula is C27H37ClFN7O. The van der Waals surface area contributed by atoms with Crippen molar-refractivity contribution >= 4 is 34.1 Å². The number of aromatic amines is 1. The van der Waals surface area contributed by atoms with Crippen molar-refractivity contribution < 1.29 is 9.13 Å². The number of H-pyrrole nitrogens is 1. The first-order valence-electron chi connectivity index (χ1n) is 13.2. The van der Waals surface area contributed by atoms with Gasteiger partial charge < -0.3 is 24.8 Å². The molecule has 5 rings (SSSR count). The quantitative estimate of drug-likeness (QED) is 0.446. The van der Waals surface area contributed by atoms with Gasteiger partial charge in [-0.3, -0.25) is 4.90 Å². The van der Waals surface area contributed by atoms with Crippen molar-refractivity contribution in [3.05, 3.63) is 35.2 Å². The van der Waals surface area contributed by atoms with E-state index in [1.807, 2.05) is 6.07 Å². The third-order valence-corrected chi connectivity index (χ3v) is 7.93. The summed E-state index contributed by atoms with van der Waals surface area (Å²) in [4.78, 5) is 19.4. The van der Waals surface area contributed by atoms with Crippen LogP contribution in [0.4, 0.5) is 15.8 Å². The number of piperazine rings is 1. The van der Waals surface area contributed by atoms with Crippen LogP contribution in [0.3, 0.4) is 0 Å².